The van der Waals surface area contributed by atoms with E-state index in [1.165, 1.54) is 40.5 Å². The second-order valence-electron chi connectivity index (χ2n) is 16.9. The first-order chi connectivity index (χ1) is 31.3. The Labute approximate surface area is 378 Å². The molecule has 2 saturated heterocycles. The molecule has 16 heteroatoms. The maximum Gasteiger partial charge on any atom is 0.339 e. The van der Waals surface area contributed by atoms with Gasteiger partial charge in [0.1, 0.15) is 23.8 Å². The normalized spacial score (nSPS) is 22.0. The van der Waals surface area contributed by atoms with Crippen molar-refractivity contribution in [3.8, 4) is 27.7 Å². The van der Waals surface area contributed by atoms with Crippen LogP contribution in [0.25, 0.3) is 20.5 Å². The van der Waals surface area contributed by atoms with Crippen LogP contribution in [0.15, 0.2) is 66.7 Å². The van der Waals surface area contributed by atoms with Crippen molar-refractivity contribution in [2.24, 2.45) is 0 Å². The zero-order chi connectivity index (χ0) is 49.2. The fourth-order valence-electron chi connectivity index (χ4n) is 6.98. The third-order valence-electron chi connectivity index (χ3n) is 11.1. The van der Waals surface area contributed by atoms with E-state index in [-0.39, 0.29) is 27.9 Å². The van der Waals surface area contributed by atoms with Crippen LogP contribution in [0.3, 0.4) is 0 Å². The van der Waals surface area contributed by atoms with Crippen molar-refractivity contribution in [1.29, 1.82) is 0 Å². The quantitative estimate of drug-likeness (QED) is 0.0487. The molecule has 0 bridgehead atoms. The van der Waals surface area contributed by atoms with Crippen LogP contribution in [-0.2, 0) is 42.9 Å². The number of carbonyl (C=O) groups is 5. The summed E-state index contributed by atoms with van der Waals surface area (Å²) in [6.07, 6.45) is -5.52. The summed E-state index contributed by atoms with van der Waals surface area (Å²) in [4.78, 5) is 66.8. The maximum atomic E-state index is 14.7. The molecule has 0 aliphatic carbocycles. The number of likely N-dealkylation sites (tertiary alicyclic amines) is 1. The summed E-state index contributed by atoms with van der Waals surface area (Å²) in [7, 11) is -1.10. The van der Waals surface area contributed by atoms with E-state index in [9.17, 15) is 24.0 Å². The molecular formula is C47H57NO13SSi. The lowest BCUT2D eigenvalue weighted by atomic mass is 9.97. The van der Waals surface area contributed by atoms with Crippen molar-refractivity contribution in [2.75, 3.05) is 33.3 Å². The van der Waals surface area contributed by atoms with Crippen LogP contribution in [0.2, 0.25) is 18.1 Å². The third kappa shape index (κ3) is 11.5. The van der Waals surface area contributed by atoms with Gasteiger partial charge in [0.25, 0.3) is 0 Å². The van der Waals surface area contributed by atoms with Crippen LogP contribution in [0.1, 0.15) is 82.2 Å². The molecule has 0 spiro atoms. The summed E-state index contributed by atoms with van der Waals surface area (Å²) in [5.74, 6) is -3.01. The second kappa shape index (κ2) is 20.0. The molecule has 2 fully saturated rings. The van der Waals surface area contributed by atoms with Crippen LogP contribution >= 0.6 is 11.3 Å². The molecule has 0 amide bonds. The smallest absolute Gasteiger partial charge is 0.339 e. The second-order valence-corrected chi connectivity index (χ2v) is 22.6. The molecule has 2 aliphatic heterocycles. The predicted octanol–water partition coefficient (Wildman–Crippen LogP) is 8.12. The minimum absolute atomic E-state index is 0.0403. The molecule has 0 unspecified atom stereocenters. The van der Waals surface area contributed by atoms with Gasteiger partial charge in [0.05, 0.1) is 9.85 Å². The molecule has 0 N–H and O–H groups in total. The number of methoxy groups -OCH3 is 1. The SMILES string of the molecule is [2H]C([2H])(Oc1ccc(C(=O)c2c(-c3ccc(O[Si](C)(C)C(C)(C)C)cc3)sc3cc(O[C@@H]4O[C@H](C(=O)OC)[C@@H](OC(C)=O)[C@H](OC(C)=O)[C@H]4OC(C)=O)ccc23)cc1)C([2H])([2H])N1CCCCC1. The molecule has 0 radical (unpaired) electrons. The molecule has 14 nitrogen and oxygen atoms in total. The lowest BCUT2D eigenvalue weighted by molar-refractivity contribution is -0.282. The standard InChI is InChI=1S/C47H57NO13SSi/c1-28(49)56-40-41(57-29(2)50)43(58-30(3)51)46(60-42(40)45(53)54-7)59-35-21-22-36-37(27-35)62-44(32-15-19-34(20-16-32)61-63(8,9)47(4,5)6)38(36)39(52)31-13-17-33(18-14-31)55-26-25-48-23-11-10-12-24-48/h13-22,27,40-43,46H,10-12,23-26H2,1-9H3/t40-,41-,42-,43+,46+/m0/s1/i25D2,26D2. The zero-order valence-corrected chi connectivity index (χ0v) is 38.8. The van der Waals surface area contributed by atoms with Crippen LogP contribution in [0.5, 0.6) is 17.2 Å². The van der Waals surface area contributed by atoms with Crippen LogP contribution < -0.4 is 13.9 Å². The fraction of sp³-hybridized carbons (Fsp3) is 0.468. The van der Waals surface area contributed by atoms with Gasteiger partial charge in [0.15, 0.2) is 24.1 Å². The van der Waals surface area contributed by atoms with E-state index in [1.54, 1.807) is 18.2 Å². The molecule has 6 rings (SSSR count). The van der Waals surface area contributed by atoms with Crippen molar-refractivity contribution in [1.82, 2.24) is 4.90 Å². The van der Waals surface area contributed by atoms with Crippen molar-refractivity contribution < 1.29 is 67.0 Å². The summed E-state index contributed by atoms with van der Waals surface area (Å²) >= 11 is 1.28. The van der Waals surface area contributed by atoms with Gasteiger partial charge in [0, 0.05) is 56.1 Å². The van der Waals surface area contributed by atoms with Gasteiger partial charge < -0.3 is 37.6 Å². The van der Waals surface area contributed by atoms with E-state index in [0.29, 0.717) is 44.9 Å². The van der Waals surface area contributed by atoms with E-state index >= 15 is 0 Å². The third-order valence-corrected chi connectivity index (χ3v) is 16.7. The highest BCUT2D eigenvalue weighted by Gasteiger charge is 2.56. The van der Waals surface area contributed by atoms with Crippen LogP contribution in [-0.4, -0.2) is 107 Å². The fourth-order valence-corrected chi connectivity index (χ4v) is 9.25. The van der Waals surface area contributed by atoms with Crippen molar-refractivity contribution >= 4 is 59.4 Å². The van der Waals surface area contributed by atoms with Gasteiger partial charge in [-0.1, -0.05) is 27.2 Å². The van der Waals surface area contributed by atoms with Gasteiger partial charge >= 0.3 is 23.9 Å². The van der Waals surface area contributed by atoms with Gasteiger partial charge in [-0.05, 0) is 116 Å². The van der Waals surface area contributed by atoms with E-state index in [4.69, 9.17) is 43.1 Å². The molecule has 0 saturated carbocycles. The lowest BCUT2D eigenvalue weighted by Gasteiger charge is -2.43. The summed E-state index contributed by atoms with van der Waals surface area (Å²) < 4.78 is 80.7. The van der Waals surface area contributed by atoms with E-state index in [1.807, 2.05) is 24.3 Å². The number of piperidine rings is 1. The number of fused-ring (bicyclic) bond motifs is 1. The molecule has 2 aliphatic rings. The highest BCUT2D eigenvalue weighted by molar-refractivity contribution is 7.22. The van der Waals surface area contributed by atoms with E-state index in [0.717, 1.165) is 47.1 Å². The Bertz CT molecular complexity index is 2470. The number of rotatable bonds is 15. The highest BCUT2D eigenvalue weighted by Crippen LogP contribution is 2.43. The van der Waals surface area contributed by atoms with Crippen molar-refractivity contribution in [2.45, 2.75) is 110 Å². The minimum atomic E-state index is -2.71. The number of benzene rings is 3. The number of hydrogen-bond donors (Lipinski definition) is 0. The molecule has 63 heavy (non-hydrogen) atoms. The number of esters is 4. The predicted molar refractivity (Wildman–Crippen MR) is 239 cm³/mol. The van der Waals surface area contributed by atoms with E-state index < -0.39 is 76.0 Å². The number of hydrogen-bond acceptors (Lipinski definition) is 15. The van der Waals surface area contributed by atoms with Gasteiger partial charge in [0.2, 0.25) is 20.7 Å². The average molecular weight is 908 g/mol. The summed E-state index contributed by atoms with van der Waals surface area (Å²) in [6.45, 7) is 9.71. The Morgan fingerprint density at radius 3 is 1.98 bits per heavy atom. The first kappa shape index (κ1) is 41.7. The highest BCUT2D eigenvalue weighted by atomic mass is 32.1. The Balaban J connectivity index is 1.38. The first-order valence-corrected chi connectivity index (χ1v) is 24.4. The topological polar surface area (TPSA) is 162 Å². The Morgan fingerprint density at radius 2 is 1.38 bits per heavy atom. The van der Waals surface area contributed by atoms with Crippen molar-refractivity contribution in [3.63, 3.8) is 0 Å². The molecular weight excluding hydrogens is 847 g/mol. The largest absolute Gasteiger partial charge is 0.544 e. The lowest BCUT2D eigenvalue weighted by Crippen LogP contribution is -2.64. The summed E-state index contributed by atoms with van der Waals surface area (Å²) in [5.41, 5.74) is 1.29. The van der Waals surface area contributed by atoms with Crippen molar-refractivity contribution in [3.05, 3.63) is 77.9 Å². The van der Waals surface area contributed by atoms with Crippen LogP contribution in [0.4, 0.5) is 0 Å². The monoisotopic (exact) mass is 907 g/mol. The molecule has 5 atom stereocenters. The molecule has 3 heterocycles. The molecule has 1 aromatic heterocycles. The van der Waals surface area contributed by atoms with Gasteiger partial charge in [-0.15, -0.1) is 11.3 Å². The number of thiophene rings is 1. The Morgan fingerprint density at radius 1 is 0.794 bits per heavy atom. The number of ketones is 1. The molecule has 3 aromatic carbocycles. The molecule has 4 aromatic rings. The zero-order valence-electron chi connectivity index (χ0n) is 40.9. The van der Waals surface area contributed by atoms with Gasteiger partial charge in [-0.3, -0.25) is 24.1 Å². The number of ether oxygens (including phenoxy) is 7. The average Bonchev–Trinajstić information content (AvgIpc) is 3.63. The Hall–Kier alpha value is -5.29. The summed E-state index contributed by atoms with van der Waals surface area (Å²) in [5, 5.41) is 0.484. The van der Waals surface area contributed by atoms with Gasteiger partial charge in [-0.25, -0.2) is 4.79 Å². The maximum absolute atomic E-state index is 14.7. The number of carbonyl (C=O) groups excluding carboxylic acids is 5. The van der Waals surface area contributed by atoms with Crippen LogP contribution in [0, 0.1) is 0 Å². The first-order valence-electron chi connectivity index (χ1n) is 22.7. The number of nitrogens with zero attached hydrogens (tertiary/aromatic N) is 1. The van der Waals surface area contributed by atoms with Gasteiger partial charge in [-0.2, -0.15) is 0 Å². The van der Waals surface area contributed by atoms with E-state index in [2.05, 4.69) is 33.9 Å². The Kier molecular flexibility index (Phi) is 13.3. The summed E-state index contributed by atoms with van der Waals surface area (Å²) in [6, 6.07) is 18.2. The molecule has 338 valence electrons. The minimum Gasteiger partial charge on any atom is -0.544 e.